The summed E-state index contributed by atoms with van der Waals surface area (Å²) in [4.78, 5) is 27.1. The van der Waals surface area contributed by atoms with Crippen molar-refractivity contribution < 1.29 is 22.4 Å². The molecule has 6 nitrogen and oxygen atoms in total. The number of fused-ring (bicyclic) bond motifs is 2. The van der Waals surface area contributed by atoms with Gasteiger partial charge in [0.2, 0.25) is 0 Å². The average molecular weight is 416 g/mol. The Kier molecular flexibility index (Phi) is 4.49. The molecule has 1 unspecified atom stereocenters. The van der Waals surface area contributed by atoms with Gasteiger partial charge in [-0.15, -0.1) is 0 Å². The van der Waals surface area contributed by atoms with Crippen LogP contribution in [-0.4, -0.2) is 42.0 Å². The maximum Gasteiger partial charge on any atom is 0.269 e. The number of benzene rings is 2. The summed E-state index contributed by atoms with van der Waals surface area (Å²) < 4.78 is 40.1. The molecular formula is C21H21FN2O4S. The van der Waals surface area contributed by atoms with Crippen molar-refractivity contribution in [2.45, 2.75) is 44.2 Å². The second kappa shape index (κ2) is 6.66. The van der Waals surface area contributed by atoms with Crippen molar-refractivity contribution in [3.63, 3.8) is 0 Å². The maximum absolute atomic E-state index is 13.7. The van der Waals surface area contributed by atoms with Gasteiger partial charge in [0.25, 0.3) is 21.8 Å². The van der Waals surface area contributed by atoms with Gasteiger partial charge in [0.1, 0.15) is 10.7 Å². The quantitative estimate of drug-likeness (QED) is 0.754. The summed E-state index contributed by atoms with van der Waals surface area (Å²) in [5.41, 5.74) is 2.02. The first kappa shape index (κ1) is 19.6. The van der Waals surface area contributed by atoms with E-state index < -0.39 is 22.0 Å². The highest BCUT2D eigenvalue weighted by molar-refractivity contribution is 7.90. The van der Waals surface area contributed by atoms with Gasteiger partial charge in [0, 0.05) is 18.2 Å². The molecule has 0 aromatic heterocycles. The number of sulfonamides is 1. The van der Waals surface area contributed by atoms with E-state index in [4.69, 9.17) is 0 Å². The molecule has 0 bridgehead atoms. The monoisotopic (exact) mass is 416 g/mol. The minimum atomic E-state index is -3.99. The summed E-state index contributed by atoms with van der Waals surface area (Å²) in [5.74, 6) is -1.29. The minimum Gasteiger partial charge on any atom is -0.332 e. The molecule has 152 valence electrons. The van der Waals surface area contributed by atoms with Gasteiger partial charge in [-0.1, -0.05) is 6.07 Å². The van der Waals surface area contributed by atoms with Crippen LogP contribution in [0.3, 0.4) is 0 Å². The standard InChI is InChI=1S/C21H21FN2O4S/c1-12(2)24-21(26)17-7-5-15(10-19(17)29(24,27)28)20(25)23-9-8-14-4-6-16(22)11-18(14)13(23)3/h4-7,10-13H,8-9H2,1-3H3. The van der Waals surface area contributed by atoms with Crippen LogP contribution in [-0.2, 0) is 16.4 Å². The first-order chi connectivity index (χ1) is 13.6. The number of halogens is 1. The van der Waals surface area contributed by atoms with E-state index in [1.54, 1.807) is 24.8 Å². The number of carbonyl (C=O) groups is 2. The van der Waals surface area contributed by atoms with Crippen molar-refractivity contribution in [3.05, 3.63) is 64.5 Å². The van der Waals surface area contributed by atoms with Gasteiger partial charge in [0.15, 0.2) is 0 Å². The molecule has 2 aromatic carbocycles. The summed E-state index contributed by atoms with van der Waals surface area (Å²) >= 11 is 0. The Morgan fingerprint density at radius 1 is 1.17 bits per heavy atom. The van der Waals surface area contributed by atoms with Crippen molar-refractivity contribution >= 4 is 21.8 Å². The Labute approximate surface area is 169 Å². The molecule has 0 spiro atoms. The molecule has 2 heterocycles. The third-order valence-electron chi connectivity index (χ3n) is 5.57. The van der Waals surface area contributed by atoms with Crippen LogP contribution < -0.4 is 0 Å². The number of hydrogen-bond donors (Lipinski definition) is 0. The topological polar surface area (TPSA) is 74.8 Å². The molecule has 8 heteroatoms. The summed E-state index contributed by atoms with van der Waals surface area (Å²) in [7, 11) is -3.99. The highest BCUT2D eigenvalue weighted by Gasteiger charge is 2.43. The summed E-state index contributed by atoms with van der Waals surface area (Å²) in [5, 5.41) is 0. The minimum absolute atomic E-state index is 0.0781. The van der Waals surface area contributed by atoms with Crippen LogP contribution in [0.4, 0.5) is 4.39 Å². The molecule has 0 saturated carbocycles. The van der Waals surface area contributed by atoms with Gasteiger partial charge < -0.3 is 4.90 Å². The van der Waals surface area contributed by atoms with Gasteiger partial charge in [-0.05, 0) is 68.7 Å². The lowest BCUT2D eigenvalue weighted by atomic mass is 9.93. The molecule has 2 amide bonds. The summed E-state index contributed by atoms with van der Waals surface area (Å²) in [6, 6.07) is 7.86. The average Bonchev–Trinajstić information content (AvgIpc) is 2.87. The van der Waals surface area contributed by atoms with E-state index in [9.17, 15) is 22.4 Å². The van der Waals surface area contributed by atoms with E-state index in [2.05, 4.69) is 0 Å². The van der Waals surface area contributed by atoms with Crippen molar-refractivity contribution in [1.29, 1.82) is 0 Å². The Morgan fingerprint density at radius 2 is 1.90 bits per heavy atom. The van der Waals surface area contributed by atoms with E-state index in [0.717, 1.165) is 15.4 Å². The first-order valence-electron chi connectivity index (χ1n) is 9.45. The van der Waals surface area contributed by atoms with Gasteiger partial charge >= 0.3 is 0 Å². The van der Waals surface area contributed by atoms with E-state index in [-0.39, 0.29) is 33.8 Å². The van der Waals surface area contributed by atoms with Crippen molar-refractivity contribution in [3.8, 4) is 0 Å². The third-order valence-corrected chi connectivity index (χ3v) is 7.57. The molecule has 0 saturated heterocycles. The maximum atomic E-state index is 13.7. The molecule has 0 N–H and O–H groups in total. The third kappa shape index (κ3) is 2.93. The lowest BCUT2D eigenvalue weighted by molar-refractivity contribution is 0.0676. The molecule has 2 aromatic rings. The van der Waals surface area contributed by atoms with Crippen LogP contribution in [0, 0.1) is 5.82 Å². The smallest absolute Gasteiger partial charge is 0.269 e. The van der Waals surface area contributed by atoms with E-state index in [0.29, 0.717) is 13.0 Å². The second-order valence-electron chi connectivity index (χ2n) is 7.68. The van der Waals surface area contributed by atoms with Crippen LogP contribution in [0.2, 0.25) is 0 Å². The zero-order valence-corrected chi connectivity index (χ0v) is 17.2. The fraction of sp³-hybridized carbons (Fsp3) is 0.333. The Hall–Kier alpha value is -2.74. The van der Waals surface area contributed by atoms with Gasteiger partial charge in [-0.2, -0.15) is 0 Å². The highest BCUT2D eigenvalue weighted by Crippen LogP contribution is 2.35. The van der Waals surface area contributed by atoms with Gasteiger partial charge in [-0.3, -0.25) is 9.59 Å². The number of amides is 2. The van der Waals surface area contributed by atoms with Crippen LogP contribution in [0.15, 0.2) is 41.3 Å². The first-order valence-corrected chi connectivity index (χ1v) is 10.9. The number of nitrogens with zero attached hydrogens (tertiary/aromatic N) is 2. The van der Waals surface area contributed by atoms with Crippen molar-refractivity contribution in [2.24, 2.45) is 0 Å². The van der Waals surface area contributed by atoms with Crippen LogP contribution >= 0.6 is 0 Å². The van der Waals surface area contributed by atoms with Crippen molar-refractivity contribution in [1.82, 2.24) is 9.21 Å². The predicted octanol–water partition coefficient (Wildman–Crippen LogP) is 3.14. The van der Waals surface area contributed by atoms with E-state index in [1.807, 2.05) is 6.92 Å². The van der Waals surface area contributed by atoms with E-state index >= 15 is 0 Å². The molecule has 4 rings (SSSR count). The lowest BCUT2D eigenvalue weighted by Gasteiger charge is -2.35. The SMILES string of the molecule is CC1c2cc(F)ccc2CCN1C(=O)c1ccc2c(c1)S(=O)(=O)N(C(C)C)C2=O. The van der Waals surface area contributed by atoms with Crippen LogP contribution in [0.5, 0.6) is 0 Å². The molecule has 0 radical (unpaired) electrons. The normalized spacial score (nSPS) is 20.0. The fourth-order valence-corrected chi connectivity index (χ4v) is 5.91. The predicted molar refractivity (Wildman–Crippen MR) is 104 cm³/mol. The largest absolute Gasteiger partial charge is 0.332 e. The lowest BCUT2D eigenvalue weighted by Crippen LogP contribution is -2.39. The number of hydrogen-bond acceptors (Lipinski definition) is 4. The fourth-order valence-electron chi connectivity index (χ4n) is 4.12. The zero-order chi connectivity index (χ0) is 21.1. The summed E-state index contributed by atoms with van der Waals surface area (Å²) in [6.07, 6.45) is 0.592. The number of carbonyl (C=O) groups excluding carboxylic acids is 2. The molecular weight excluding hydrogens is 395 g/mol. The molecule has 29 heavy (non-hydrogen) atoms. The summed E-state index contributed by atoms with van der Waals surface area (Å²) in [6.45, 7) is 5.52. The van der Waals surface area contributed by atoms with Crippen LogP contribution in [0.1, 0.15) is 58.7 Å². The molecule has 0 fully saturated rings. The molecule has 2 aliphatic rings. The Morgan fingerprint density at radius 3 is 2.59 bits per heavy atom. The van der Waals surface area contributed by atoms with E-state index in [1.165, 1.54) is 30.3 Å². The van der Waals surface area contributed by atoms with Crippen LogP contribution in [0.25, 0.3) is 0 Å². The Balaban J connectivity index is 1.71. The second-order valence-corrected chi connectivity index (χ2v) is 9.46. The van der Waals surface area contributed by atoms with Gasteiger partial charge in [0.05, 0.1) is 11.6 Å². The highest BCUT2D eigenvalue weighted by atomic mass is 32.2. The van der Waals surface area contributed by atoms with Gasteiger partial charge in [-0.25, -0.2) is 17.1 Å². The zero-order valence-electron chi connectivity index (χ0n) is 16.3. The molecule has 0 aliphatic carbocycles. The number of rotatable bonds is 2. The Bertz CT molecular complexity index is 1140. The van der Waals surface area contributed by atoms with Crippen molar-refractivity contribution in [2.75, 3.05) is 6.54 Å². The molecule has 1 atom stereocenters. The molecule has 2 aliphatic heterocycles.